The molecule has 1 amide bonds. The first-order valence-electron chi connectivity index (χ1n) is 7.93. The third-order valence-corrected chi connectivity index (χ3v) is 4.08. The molecule has 126 valence electrons. The highest BCUT2D eigenvalue weighted by molar-refractivity contribution is 5.94. The normalized spacial score (nSPS) is 17.4. The third-order valence-electron chi connectivity index (χ3n) is 4.08. The van der Waals surface area contributed by atoms with Crippen LogP contribution in [0.5, 0.6) is 0 Å². The highest BCUT2D eigenvalue weighted by Gasteiger charge is 2.27. The summed E-state index contributed by atoms with van der Waals surface area (Å²) in [4.78, 5) is 23.0. The topological polar surface area (TPSA) is 86.0 Å². The lowest BCUT2D eigenvalue weighted by molar-refractivity contribution is -0.0249. The van der Waals surface area contributed by atoms with E-state index in [1.807, 2.05) is 24.3 Å². The smallest absolute Gasteiger partial charge is 0.254 e. The summed E-state index contributed by atoms with van der Waals surface area (Å²) in [7, 11) is 0. The number of ether oxygens (including phenoxy) is 1. The molecule has 1 aliphatic heterocycles. The van der Waals surface area contributed by atoms with Crippen LogP contribution in [-0.2, 0) is 4.74 Å². The van der Waals surface area contributed by atoms with Crippen molar-refractivity contribution in [1.82, 2.24) is 29.6 Å². The average Bonchev–Trinajstić information content (AvgIpc) is 3.23. The zero-order chi connectivity index (χ0) is 17.1. The molecule has 1 fully saturated rings. The van der Waals surface area contributed by atoms with Gasteiger partial charge in [-0.05, 0) is 18.2 Å². The molecule has 25 heavy (non-hydrogen) atoms. The van der Waals surface area contributed by atoms with Crippen LogP contribution in [0.2, 0.25) is 0 Å². The molecule has 2 aromatic heterocycles. The molecule has 0 aliphatic carbocycles. The summed E-state index contributed by atoms with van der Waals surface area (Å²) in [5.41, 5.74) is 2.19. The molecule has 0 radical (unpaired) electrons. The quantitative estimate of drug-likeness (QED) is 0.716. The van der Waals surface area contributed by atoms with E-state index >= 15 is 0 Å². The minimum absolute atomic E-state index is 0.0351. The van der Waals surface area contributed by atoms with Gasteiger partial charge in [0.2, 0.25) is 0 Å². The summed E-state index contributed by atoms with van der Waals surface area (Å²) in [6.45, 7) is 1.47. The maximum absolute atomic E-state index is 12.9. The van der Waals surface area contributed by atoms with E-state index in [9.17, 15) is 4.79 Å². The second-order valence-electron chi connectivity index (χ2n) is 5.66. The first-order valence-corrected chi connectivity index (χ1v) is 7.93. The molecule has 1 saturated heterocycles. The molecule has 3 heterocycles. The number of hydrogen-bond acceptors (Lipinski definition) is 6. The summed E-state index contributed by atoms with van der Waals surface area (Å²) in [6.07, 6.45) is 7.86. The fourth-order valence-electron chi connectivity index (χ4n) is 2.81. The monoisotopic (exact) mass is 336 g/mol. The van der Waals surface area contributed by atoms with E-state index in [2.05, 4.69) is 20.2 Å². The minimum atomic E-state index is -0.257. The van der Waals surface area contributed by atoms with Crippen molar-refractivity contribution in [3.8, 4) is 5.69 Å². The van der Waals surface area contributed by atoms with Gasteiger partial charge < -0.3 is 9.64 Å². The predicted octanol–water partition coefficient (Wildman–Crippen LogP) is 1.27. The van der Waals surface area contributed by atoms with E-state index in [-0.39, 0.29) is 12.0 Å². The molecule has 0 saturated carbocycles. The van der Waals surface area contributed by atoms with Gasteiger partial charge in [-0.25, -0.2) is 0 Å². The van der Waals surface area contributed by atoms with Gasteiger partial charge in [0.1, 0.15) is 18.8 Å². The SMILES string of the molecule is O=C(c1cccc(-n2cnnc2)c1)N1CCO[C@@H](c2cnccn2)C1. The Kier molecular flexibility index (Phi) is 4.17. The van der Waals surface area contributed by atoms with Crippen molar-refractivity contribution in [2.24, 2.45) is 0 Å². The number of carbonyl (C=O) groups is 1. The second-order valence-corrected chi connectivity index (χ2v) is 5.66. The van der Waals surface area contributed by atoms with Gasteiger partial charge in [-0.1, -0.05) is 6.07 Å². The van der Waals surface area contributed by atoms with Gasteiger partial charge in [0.15, 0.2) is 0 Å². The Morgan fingerprint density at radius 1 is 1.20 bits per heavy atom. The fraction of sp³-hybridized carbons (Fsp3) is 0.235. The standard InChI is InChI=1S/C17H16N6O2/c24-17(13-2-1-3-14(8-13)23-11-20-21-12-23)22-6-7-25-16(10-22)15-9-18-4-5-19-15/h1-5,8-9,11-12,16H,6-7,10H2/t16-/m1/s1. The summed E-state index contributed by atoms with van der Waals surface area (Å²) in [5, 5.41) is 7.59. The number of benzene rings is 1. The molecule has 1 aromatic carbocycles. The first-order chi connectivity index (χ1) is 12.3. The summed E-state index contributed by atoms with van der Waals surface area (Å²) < 4.78 is 7.51. The number of hydrogen-bond donors (Lipinski definition) is 0. The molecule has 1 aliphatic rings. The Morgan fingerprint density at radius 3 is 2.88 bits per heavy atom. The number of rotatable bonds is 3. The van der Waals surface area contributed by atoms with Gasteiger partial charge in [-0.15, -0.1) is 10.2 Å². The van der Waals surface area contributed by atoms with Crippen molar-refractivity contribution in [3.05, 3.63) is 66.8 Å². The van der Waals surface area contributed by atoms with Crippen molar-refractivity contribution in [3.63, 3.8) is 0 Å². The number of nitrogens with zero attached hydrogens (tertiary/aromatic N) is 6. The lowest BCUT2D eigenvalue weighted by Gasteiger charge is -2.32. The van der Waals surface area contributed by atoms with Crippen LogP contribution in [0.15, 0.2) is 55.5 Å². The Hall–Kier alpha value is -3.13. The second kappa shape index (κ2) is 6.78. The fourth-order valence-corrected chi connectivity index (χ4v) is 2.81. The van der Waals surface area contributed by atoms with Crippen molar-refractivity contribution < 1.29 is 9.53 Å². The molecule has 8 nitrogen and oxygen atoms in total. The van der Waals surface area contributed by atoms with Crippen LogP contribution in [-0.4, -0.2) is 55.2 Å². The molecule has 0 bridgehead atoms. The summed E-state index contributed by atoms with van der Waals surface area (Å²) in [5.74, 6) is -0.0351. The van der Waals surface area contributed by atoms with Crippen LogP contribution in [0.1, 0.15) is 22.2 Å². The highest BCUT2D eigenvalue weighted by Crippen LogP contribution is 2.21. The van der Waals surface area contributed by atoms with Gasteiger partial charge in [0, 0.05) is 30.2 Å². The van der Waals surface area contributed by atoms with Crippen molar-refractivity contribution in [2.75, 3.05) is 19.7 Å². The van der Waals surface area contributed by atoms with Crippen LogP contribution >= 0.6 is 0 Å². The Labute approximate surface area is 144 Å². The van der Waals surface area contributed by atoms with Crippen LogP contribution in [0.25, 0.3) is 5.69 Å². The summed E-state index contributed by atoms with van der Waals surface area (Å²) >= 11 is 0. The molecule has 4 rings (SSSR count). The molecular weight excluding hydrogens is 320 g/mol. The zero-order valence-corrected chi connectivity index (χ0v) is 13.4. The molecule has 0 spiro atoms. The van der Waals surface area contributed by atoms with E-state index < -0.39 is 0 Å². The van der Waals surface area contributed by atoms with Crippen molar-refractivity contribution >= 4 is 5.91 Å². The van der Waals surface area contributed by atoms with E-state index in [1.165, 1.54) is 0 Å². The highest BCUT2D eigenvalue weighted by atomic mass is 16.5. The Morgan fingerprint density at radius 2 is 2.08 bits per heavy atom. The zero-order valence-electron chi connectivity index (χ0n) is 13.4. The molecule has 1 atom stereocenters. The van der Waals surface area contributed by atoms with Gasteiger partial charge >= 0.3 is 0 Å². The average molecular weight is 336 g/mol. The first kappa shape index (κ1) is 15.4. The van der Waals surface area contributed by atoms with Crippen LogP contribution in [0, 0.1) is 0 Å². The number of aromatic nitrogens is 5. The van der Waals surface area contributed by atoms with Crippen LogP contribution in [0.3, 0.4) is 0 Å². The molecule has 8 heteroatoms. The molecule has 3 aromatic rings. The Balaban J connectivity index is 1.53. The van der Waals surface area contributed by atoms with Gasteiger partial charge in [-0.2, -0.15) is 0 Å². The molecular formula is C17H16N6O2. The molecule has 0 unspecified atom stereocenters. The number of morpholine rings is 1. The lowest BCUT2D eigenvalue weighted by atomic mass is 10.1. The van der Waals surface area contributed by atoms with Crippen molar-refractivity contribution in [2.45, 2.75) is 6.10 Å². The largest absolute Gasteiger partial charge is 0.368 e. The van der Waals surface area contributed by atoms with Gasteiger partial charge in [0.25, 0.3) is 5.91 Å². The Bertz CT molecular complexity index is 853. The number of amides is 1. The number of carbonyl (C=O) groups excluding carboxylic acids is 1. The van der Waals surface area contributed by atoms with E-state index in [0.717, 1.165) is 11.4 Å². The van der Waals surface area contributed by atoms with Crippen molar-refractivity contribution in [1.29, 1.82) is 0 Å². The van der Waals surface area contributed by atoms with Crippen LogP contribution < -0.4 is 0 Å². The van der Waals surface area contributed by atoms with E-state index in [0.29, 0.717) is 25.3 Å². The van der Waals surface area contributed by atoms with E-state index in [1.54, 1.807) is 40.7 Å². The van der Waals surface area contributed by atoms with Gasteiger partial charge in [-0.3, -0.25) is 19.3 Å². The summed E-state index contributed by atoms with van der Waals surface area (Å²) in [6, 6.07) is 7.40. The van der Waals surface area contributed by atoms with Gasteiger partial charge in [0.05, 0.1) is 25.0 Å². The lowest BCUT2D eigenvalue weighted by Crippen LogP contribution is -2.42. The molecule has 0 N–H and O–H groups in total. The predicted molar refractivity (Wildman–Crippen MR) is 88.0 cm³/mol. The maximum atomic E-state index is 12.9. The minimum Gasteiger partial charge on any atom is -0.368 e. The van der Waals surface area contributed by atoms with Crippen LogP contribution in [0.4, 0.5) is 0 Å². The van der Waals surface area contributed by atoms with E-state index in [4.69, 9.17) is 4.74 Å². The third kappa shape index (κ3) is 3.24. The maximum Gasteiger partial charge on any atom is 0.254 e.